The average Bonchev–Trinajstić information content (AvgIpc) is 3.95. The molecule has 0 radical (unpaired) electrons. The summed E-state index contributed by atoms with van der Waals surface area (Å²) in [7, 11) is -2.93. The first-order chi connectivity index (χ1) is 34.3. The Hall–Kier alpha value is -8.76. The number of nitrogens with zero attached hydrogens (tertiary/aromatic N) is 2. The van der Waals surface area contributed by atoms with Gasteiger partial charge in [0.05, 0.1) is 22.1 Å². The summed E-state index contributed by atoms with van der Waals surface area (Å²) in [6.45, 7) is 0. The third kappa shape index (κ3) is 5.91. The molecule has 322 valence electrons. The van der Waals surface area contributed by atoms with E-state index in [2.05, 4.69) is 276 Å². The molecule has 2 nitrogen and oxygen atoms in total. The number of rotatable bonds is 7. The predicted molar refractivity (Wildman–Crippen MR) is 297 cm³/mol. The number of fused-ring (bicyclic) bond motifs is 13. The van der Waals surface area contributed by atoms with Crippen LogP contribution in [0.4, 0.5) is 0 Å². The summed E-state index contributed by atoms with van der Waals surface area (Å²) in [5, 5.41) is 18.0. The molecule has 0 N–H and O–H groups in total. The van der Waals surface area contributed by atoms with Crippen LogP contribution in [0.5, 0.6) is 0 Å². The van der Waals surface area contributed by atoms with Gasteiger partial charge in [0.1, 0.15) is 0 Å². The van der Waals surface area contributed by atoms with Gasteiger partial charge in [0, 0.05) is 38.3 Å². The van der Waals surface area contributed by atoms with Crippen molar-refractivity contribution in [1.82, 2.24) is 9.13 Å². The second-order valence-corrected chi connectivity index (χ2v) is 22.2. The number of benzene rings is 12. The minimum absolute atomic E-state index is 1.14. The van der Waals surface area contributed by atoms with E-state index in [1.165, 1.54) is 108 Å². The van der Waals surface area contributed by atoms with Crippen LogP contribution in [0.15, 0.2) is 267 Å². The number of aromatic nitrogens is 2. The largest absolute Gasteiger partial charge is 0.309 e. The van der Waals surface area contributed by atoms with E-state index in [1.807, 2.05) is 0 Å². The zero-order valence-corrected chi connectivity index (χ0v) is 38.8. The van der Waals surface area contributed by atoms with Crippen molar-refractivity contribution in [2.45, 2.75) is 0 Å². The molecule has 0 spiro atoms. The lowest BCUT2D eigenvalue weighted by Gasteiger charge is -2.35. The minimum atomic E-state index is -2.93. The summed E-state index contributed by atoms with van der Waals surface area (Å²) < 4.78 is 5.00. The molecule has 2 heterocycles. The molecule has 0 unspecified atom stereocenters. The standard InChI is InChI=1S/C66H44N2Si/c1-4-19-45(20-5-1)46-35-38-51(39-36-46)69(49-22-6-2-7-23-49,50-24-8-3-9-25-50)52-26-18-21-47(43-52)68-63-41-37-48(67-61-33-16-14-30-56(61)57-31-15-17-34-62(57)67)44-60(63)66-64(68)42-40-59-55-29-11-10-27-53(55)54-28-12-13-32-58(54)65(59)66/h1-44H. The second-order valence-electron chi connectivity index (χ2n) is 18.4. The van der Waals surface area contributed by atoms with Gasteiger partial charge in [-0.2, -0.15) is 0 Å². The van der Waals surface area contributed by atoms with Crippen molar-refractivity contribution < 1.29 is 0 Å². The maximum Gasteiger partial charge on any atom is 0.179 e. The highest BCUT2D eigenvalue weighted by atomic mass is 28.3. The van der Waals surface area contributed by atoms with Crippen molar-refractivity contribution >= 4 is 105 Å². The molecule has 0 aliphatic heterocycles. The van der Waals surface area contributed by atoms with Crippen LogP contribution in [-0.2, 0) is 0 Å². The molecular formula is C66H44N2Si. The van der Waals surface area contributed by atoms with Gasteiger partial charge < -0.3 is 9.13 Å². The van der Waals surface area contributed by atoms with Crippen LogP contribution in [-0.4, -0.2) is 17.2 Å². The fourth-order valence-corrected chi connectivity index (χ4v) is 16.7. The van der Waals surface area contributed by atoms with Crippen molar-refractivity contribution in [3.63, 3.8) is 0 Å². The lowest BCUT2D eigenvalue weighted by Crippen LogP contribution is -2.74. The summed E-state index contributed by atoms with van der Waals surface area (Å²) in [5.41, 5.74) is 9.50. The van der Waals surface area contributed by atoms with E-state index < -0.39 is 8.07 Å². The van der Waals surface area contributed by atoms with E-state index in [0.717, 1.165) is 11.4 Å². The van der Waals surface area contributed by atoms with Crippen LogP contribution in [0.25, 0.3) is 98.4 Å². The predicted octanol–water partition coefficient (Wildman–Crippen LogP) is 14.4. The first kappa shape index (κ1) is 39.4. The molecule has 0 aliphatic rings. The average molecular weight is 893 g/mol. The number of hydrogen-bond donors (Lipinski definition) is 0. The third-order valence-electron chi connectivity index (χ3n) is 14.8. The van der Waals surface area contributed by atoms with Crippen LogP contribution < -0.4 is 20.7 Å². The molecule has 0 atom stereocenters. The molecule has 0 fully saturated rings. The summed E-state index contributed by atoms with van der Waals surface area (Å²) in [4.78, 5) is 0. The molecule has 69 heavy (non-hydrogen) atoms. The van der Waals surface area contributed by atoms with Crippen molar-refractivity contribution in [2.75, 3.05) is 0 Å². The highest BCUT2D eigenvalue weighted by molar-refractivity contribution is 7.19. The maximum absolute atomic E-state index is 2.93. The van der Waals surface area contributed by atoms with Gasteiger partial charge in [-0.25, -0.2) is 0 Å². The van der Waals surface area contributed by atoms with Crippen molar-refractivity contribution in [3.05, 3.63) is 267 Å². The van der Waals surface area contributed by atoms with Gasteiger partial charge in [0.15, 0.2) is 8.07 Å². The Morgan fingerprint density at radius 2 is 0.638 bits per heavy atom. The third-order valence-corrected chi connectivity index (χ3v) is 19.6. The van der Waals surface area contributed by atoms with Gasteiger partial charge >= 0.3 is 0 Å². The molecule has 0 amide bonds. The van der Waals surface area contributed by atoms with E-state index in [9.17, 15) is 0 Å². The molecule has 0 saturated heterocycles. The Morgan fingerprint density at radius 1 is 0.217 bits per heavy atom. The van der Waals surface area contributed by atoms with E-state index in [1.54, 1.807) is 0 Å². The fraction of sp³-hybridized carbons (Fsp3) is 0. The molecule has 0 bridgehead atoms. The Morgan fingerprint density at radius 3 is 1.26 bits per heavy atom. The smallest absolute Gasteiger partial charge is 0.179 e. The Balaban J connectivity index is 1.09. The first-order valence-corrected chi connectivity index (χ1v) is 25.9. The van der Waals surface area contributed by atoms with Crippen LogP contribution >= 0.6 is 0 Å². The Bertz CT molecular complexity index is 4150. The van der Waals surface area contributed by atoms with Gasteiger partial charge in [-0.1, -0.05) is 218 Å². The normalized spacial score (nSPS) is 12.1. The van der Waals surface area contributed by atoms with Gasteiger partial charge in [0.25, 0.3) is 0 Å². The second kappa shape index (κ2) is 15.7. The lowest BCUT2D eigenvalue weighted by molar-refractivity contribution is 1.17. The number of para-hydroxylation sites is 2. The van der Waals surface area contributed by atoms with E-state index >= 15 is 0 Å². The van der Waals surface area contributed by atoms with E-state index in [4.69, 9.17) is 0 Å². The molecule has 14 rings (SSSR count). The molecule has 14 aromatic rings. The van der Waals surface area contributed by atoms with Crippen LogP contribution in [0.3, 0.4) is 0 Å². The van der Waals surface area contributed by atoms with Crippen LogP contribution in [0, 0.1) is 0 Å². The van der Waals surface area contributed by atoms with E-state index in [-0.39, 0.29) is 0 Å². The summed E-state index contributed by atoms with van der Waals surface area (Å²) in [6.07, 6.45) is 0. The topological polar surface area (TPSA) is 9.86 Å². The van der Waals surface area contributed by atoms with Crippen molar-refractivity contribution in [3.8, 4) is 22.5 Å². The highest BCUT2D eigenvalue weighted by Gasteiger charge is 2.41. The zero-order valence-electron chi connectivity index (χ0n) is 37.8. The van der Waals surface area contributed by atoms with Gasteiger partial charge in [-0.05, 0) is 107 Å². The molecule has 0 saturated carbocycles. The Labute approximate surface area is 401 Å². The molecule has 12 aromatic carbocycles. The van der Waals surface area contributed by atoms with Gasteiger partial charge in [0.2, 0.25) is 0 Å². The van der Waals surface area contributed by atoms with Crippen LogP contribution in [0.2, 0.25) is 0 Å². The zero-order chi connectivity index (χ0) is 45.5. The quantitative estimate of drug-likeness (QED) is 0.0857. The summed E-state index contributed by atoms with van der Waals surface area (Å²) >= 11 is 0. The summed E-state index contributed by atoms with van der Waals surface area (Å²) in [5.74, 6) is 0. The van der Waals surface area contributed by atoms with Crippen molar-refractivity contribution in [2.24, 2.45) is 0 Å². The molecule has 3 heteroatoms. The summed E-state index contributed by atoms with van der Waals surface area (Å²) in [6, 6.07) is 99.7. The van der Waals surface area contributed by atoms with Gasteiger partial charge in [-0.15, -0.1) is 0 Å². The van der Waals surface area contributed by atoms with Crippen molar-refractivity contribution in [1.29, 1.82) is 0 Å². The SMILES string of the molecule is c1ccc(-c2ccc([Si](c3ccccc3)(c3ccccc3)c3cccc(-n4c5ccc(-n6c7ccccc7c7ccccc76)cc5c5c6c7ccccc7c7ccccc7c6ccc54)c3)cc2)cc1. The Kier molecular flexibility index (Phi) is 8.95. The molecular weight excluding hydrogens is 849 g/mol. The number of hydrogen-bond acceptors (Lipinski definition) is 0. The van der Waals surface area contributed by atoms with Gasteiger partial charge in [-0.3, -0.25) is 0 Å². The van der Waals surface area contributed by atoms with E-state index in [0.29, 0.717) is 0 Å². The molecule has 0 aliphatic carbocycles. The minimum Gasteiger partial charge on any atom is -0.309 e. The highest BCUT2D eigenvalue weighted by Crippen LogP contribution is 2.44. The first-order valence-electron chi connectivity index (χ1n) is 23.9. The van der Waals surface area contributed by atoms with Crippen LogP contribution in [0.1, 0.15) is 0 Å². The molecule has 2 aromatic heterocycles. The lowest BCUT2D eigenvalue weighted by atomic mass is 9.92. The maximum atomic E-state index is 2.54. The monoisotopic (exact) mass is 892 g/mol. The fourth-order valence-electron chi connectivity index (χ4n) is 11.9.